The number of benzene rings is 2. The SMILES string of the molecule is C=CN(C(=O)C(c1csc2ccc(Cl)cc12)P(=O)(O)OC(COC(=O)C(C)(C)C)OC(=O)C(C)(C)C)c1cccc(Cl)c1F. The topological polar surface area (TPSA) is 119 Å². The van der Waals surface area contributed by atoms with Gasteiger partial charge in [0, 0.05) is 15.9 Å². The summed E-state index contributed by atoms with van der Waals surface area (Å²) < 4.78 is 46.1. The minimum Gasteiger partial charge on any atom is -0.459 e. The van der Waals surface area contributed by atoms with Gasteiger partial charge in [-0.25, -0.2) is 4.39 Å². The molecule has 3 atom stereocenters. The van der Waals surface area contributed by atoms with Crippen LogP contribution in [0.15, 0.2) is 54.6 Å². The summed E-state index contributed by atoms with van der Waals surface area (Å²) in [6, 6.07) is 8.68. The summed E-state index contributed by atoms with van der Waals surface area (Å²) in [6.07, 6.45) is -0.930. The number of rotatable bonds is 10. The molecule has 0 spiro atoms. The van der Waals surface area contributed by atoms with Crippen LogP contribution in [0.4, 0.5) is 10.1 Å². The van der Waals surface area contributed by atoms with E-state index in [1.807, 2.05) is 0 Å². The van der Waals surface area contributed by atoms with Gasteiger partial charge in [0.2, 0.25) is 6.29 Å². The molecule has 0 radical (unpaired) electrons. The number of thiophene rings is 1. The summed E-state index contributed by atoms with van der Waals surface area (Å²) >= 11 is 13.3. The fourth-order valence-electron chi connectivity index (χ4n) is 3.77. The summed E-state index contributed by atoms with van der Waals surface area (Å²) in [5.74, 6) is -3.62. The van der Waals surface area contributed by atoms with Crippen LogP contribution in [0, 0.1) is 16.6 Å². The van der Waals surface area contributed by atoms with Crippen LogP contribution in [0.25, 0.3) is 10.1 Å². The molecule has 0 saturated carbocycles. The van der Waals surface area contributed by atoms with Crippen molar-refractivity contribution in [3.05, 3.63) is 76.0 Å². The Bertz CT molecular complexity index is 1630. The maximum Gasteiger partial charge on any atom is 0.348 e. The average Bonchev–Trinajstić information content (AvgIpc) is 3.30. The Kier molecular flexibility index (Phi) is 11.1. The first-order valence-electron chi connectivity index (χ1n) is 13.2. The first-order chi connectivity index (χ1) is 20.3. The maximum absolute atomic E-state index is 15.1. The quantitative estimate of drug-likeness (QED) is 0.128. The molecule has 1 N–H and O–H groups in total. The predicted octanol–water partition coefficient (Wildman–Crippen LogP) is 8.27. The normalized spacial score (nSPS) is 14.8. The third kappa shape index (κ3) is 8.27. The number of nitrogens with zero attached hydrogens (tertiary/aromatic N) is 1. The van der Waals surface area contributed by atoms with Gasteiger partial charge in [0.1, 0.15) is 0 Å². The number of esters is 2. The monoisotopic (exact) mass is 687 g/mol. The first kappa shape index (κ1) is 35.7. The number of fused-ring (bicyclic) bond motifs is 1. The number of hydrogen-bond donors (Lipinski definition) is 1. The van der Waals surface area contributed by atoms with Gasteiger partial charge in [-0.1, -0.05) is 35.8 Å². The van der Waals surface area contributed by atoms with Gasteiger partial charge in [0.05, 0.1) is 21.5 Å². The third-order valence-electron chi connectivity index (χ3n) is 6.11. The van der Waals surface area contributed by atoms with E-state index in [-0.39, 0.29) is 21.3 Å². The highest BCUT2D eigenvalue weighted by Crippen LogP contribution is 2.60. The van der Waals surface area contributed by atoms with Crippen LogP contribution in [0.5, 0.6) is 0 Å². The molecular weight excluding hydrogens is 655 g/mol. The Morgan fingerprint density at radius 2 is 1.73 bits per heavy atom. The molecule has 0 aliphatic carbocycles. The highest BCUT2D eigenvalue weighted by molar-refractivity contribution is 7.54. The Morgan fingerprint density at radius 3 is 2.32 bits per heavy atom. The first-order valence-corrected chi connectivity index (χ1v) is 16.5. The zero-order chi connectivity index (χ0) is 33.2. The summed E-state index contributed by atoms with van der Waals surface area (Å²) in [6.45, 7) is 12.2. The fourth-order valence-corrected chi connectivity index (χ4v) is 6.71. The smallest absolute Gasteiger partial charge is 0.348 e. The molecule has 238 valence electrons. The molecule has 1 heterocycles. The van der Waals surface area contributed by atoms with E-state index in [1.165, 1.54) is 29.6 Å². The Balaban J connectivity index is 2.15. The lowest BCUT2D eigenvalue weighted by molar-refractivity contribution is -0.187. The molecule has 2 aromatic carbocycles. The Hall–Kier alpha value is -2.79. The zero-order valence-corrected chi connectivity index (χ0v) is 28.2. The highest BCUT2D eigenvalue weighted by Gasteiger charge is 2.47. The molecule has 3 unspecified atom stereocenters. The van der Waals surface area contributed by atoms with E-state index in [4.69, 9.17) is 37.2 Å². The van der Waals surface area contributed by atoms with Crippen molar-refractivity contribution in [3.63, 3.8) is 0 Å². The number of carbonyl (C=O) groups excluding carboxylic acids is 3. The minimum absolute atomic E-state index is 0.0326. The molecule has 0 aliphatic rings. The molecule has 0 fully saturated rings. The van der Waals surface area contributed by atoms with Crippen LogP contribution < -0.4 is 4.90 Å². The molecule has 0 saturated heterocycles. The van der Waals surface area contributed by atoms with Crippen molar-refractivity contribution in [1.82, 2.24) is 0 Å². The molecule has 0 bridgehead atoms. The van der Waals surface area contributed by atoms with Gasteiger partial charge in [-0.15, -0.1) is 11.3 Å². The van der Waals surface area contributed by atoms with Crippen molar-refractivity contribution in [2.45, 2.75) is 53.5 Å². The van der Waals surface area contributed by atoms with E-state index < -0.39 is 60.6 Å². The molecule has 14 heteroatoms. The summed E-state index contributed by atoms with van der Waals surface area (Å²) in [5, 5.41) is 1.81. The lowest BCUT2D eigenvalue weighted by Gasteiger charge is -2.30. The fraction of sp³-hybridized carbons (Fsp3) is 0.367. The summed E-state index contributed by atoms with van der Waals surface area (Å²) in [7, 11) is -5.25. The molecule has 44 heavy (non-hydrogen) atoms. The standard InChI is InChI=1S/C30H33Cl2FNO8PS/c1-8-34(21-11-9-10-20(32)24(21)33)26(35)25(19-16-44-22-13-12-17(31)14-18(19)22)43(38,39)42-23(41-28(37)30(5,6)7)15-40-27(36)29(2,3)4/h8-14,16,23,25H,1,15H2,2-7H3,(H,38,39). The molecule has 3 aromatic rings. The average molecular weight is 689 g/mol. The van der Waals surface area contributed by atoms with Crippen LogP contribution >= 0.6 is 42.1 Å². The second-order valence-electron chi connectivity index (χ2n) is 11.8. The summed E-state index contributed by atoms with van der Waals surface area (Å²) in [5.41, 5.74) is -4.35. The Morgan fingerprint density at radius 1 is 1.09 bits per heavy atom. The number of carbonyl (C=O) groups is 3. The van der Waals surface area contributed by atoms with Crippen LogP contribution in [0.1, 0.15) is 52.8 Å². The maximum atomic E-state index is 15.1. The second-order valence-corrected chi connectivity index (χ2v) is 15.4. The van der Waals surface area contributed by atoms with E-state index in [0.717, 1.165) is 22.4 Å². The number of ether oxygens (including phenoxy) is 2. The Labute approximate surface area is 269 Å². The van der Waals surface area contributed by atoms with Crippen LogP contribution in [-0.2, 0) is 32.9 Å². The van der Waals surface area contributed by atoms with Crippen LogP contribution in [-0.4, -0.2) is 35.6 Å². The van der Waals surface area contributed by atoms with E-state index >= 15 is 4.39 Å². The number of hydrogen-bond acceptors (Lipinski definition) is 8. The van der Waals surface area contributed by atoms with Gasteiger partial charge in [-0.2, -0.15) is 0 Å². The van der Waals surface area contributed by atoms with Crippen LogP contribution in [0.3, 0.4) is 0 Å². The molecule has 9 nitrogen and oxygen atoms in total. The van der Waals surface area contributed by atoms with E-state index in [1.54, 1.807) is 53.7 Å². The van der Waals surface area contributed by atoms with Crippen molar-refractivity contribution in [2.24, 2.45) is 10.8 Å². The molecule has 0 aliphatic heterocycles. The number of amides is 1. The van der Waals surface area contributed by atoms with Gasteiger partial charge < -0.3 is 14.4 Å². The van der Waals surface area contributed by atoms with Crippen molar-refractivity contribution in [1.29, 1.82) is 0 Å². The third-order valence-corrected chi connectivity index (χ3v) is 9.31. The van der Waals surface area contributed by atoms with Gasteiger partial charge in [0.25, 0.3) is 5.91 Å². The molecule has 1 amide bonds. The van der Waals surface area contributed by atoms with Gasteiger partial charge in [0.15, 0.2) is 18.1 Å². The van der Waals surface area contributed by atoms with E-state index in [9.17, 15) is 23.8 Å². The van der Waals surface area contributed by atoms with Gasteiger partial charge in [-0.05, 0) is 88.2 Å². The van der Waals surface area contributed by atoms with Gasteiger partial charge >= 0.3 is 19.5 Å². The molecule has 1 aromatic heterocycles. The van der Waals surface area contributed by atoms with Crippen molar-refractivity contribution in [3.8, 4) is 0 Å². The van der Waals surface area contributed by atoms with Crippen molar-refractivity contribution < 1.29 is 42.2 Å². The van der Waals surface area contributed by atoms with Gasteiger partial charge in [-0.3, -0.25) is 28.4 Å². The highest BCUT2D eigenvalue weighted by atomic mass is 35.5. The minimum atomic E-state index is -5.25. The lowest BCUT2D eigenvalue weighted by atomic mass is 9.97. The summed E-state index contributed by atoms with van der Waals surface area (Å²) in [4.78, 5) is 51.7. The molecule has 3 rings (SSSR count). The second kappa shape index (κ2) is 13.7. The van der Waals surface area contributed by atoms with Crippen LogP contribution in [0.2, 0.25) is 10.0 Å². The zero-order valence-electron chi connectivity index (χ0n) is 24.9. The molecular formula is C30H33Cl2FNO8PS. The number of halogens is 3. The van der Waals surface area contributed by atoms with E-state index in [2.05, 4.69) is 6.58 Å². The van der Waals surface area contributed by atoms with E-state index in [0.29, 0.717) is 10.1 Å². The number of anilines is 1. The van der Waals surface area contributed by atoms with Crippen molar-refractivity contribution >= 4 is 75.8 Å². The lowest BCUT2D eigenvalue weighted by Crippen LogP contribution is -2.36. The van der Waals surface area contributed by atoms with Crippen molar-refractivity contribution in [2.75, 3.05) is 11.5 Å². The predicted molar refractivity (Wildman–Crippen MR) is 169 cm³/mol. The largest absolute Gasteiger partial charge is 0.459 e.